The number of aliphatic hydroxyl groups is 2. The van der Waals surface area contributed by atoms with Gasteiger partial charge in [-0.15, -0.1) is 0 Å². The third-order valence-corrected chi connectivity index (χ3v) is 37.6. The molecule has 117 heavy (non-hydrogen) atoms. The average molecular weight is 1630 g/mol. The summed E-state index contributed by atoms with van der Waals surface area (Å²) in [7, 11) is 0. The number of carbonyl (C=O) groups is 11. The Morgan fingerprint density at radius 2 is 0.726 bits per heavy atom. The minimum absolute atomic E-state index is 0.112. The van der Waals surface area contributed by atoms with E-state index in [4.69, 9.17) is 61.6 Å². The molecule has 24 aliphatic carbocycles. The average Bonchev–Trinajstić information content (AvgIpc) is 1.56. The van der Waals surface area contributed by atoms with Crippen molar-refractivity contribution in [2.24, 2.45) is 164 Å². The van der Waals surface area contributed by atoms with Crippen LogP contribution in [-0.2, 0) is 114 Å². The summed E-state index contributed by atoms with van der Waals surface area (Å²) in [5.74, 6) is -12.1. The van der Waals surface area contributed by atoms with Crippen molar-refractivity contribution >= 4 is 65.7 Å². The molecule has 24 bridgehead atoms. The molecule has 0 radical (unpaired) electrons. The quantitative estimate of drug-likeness (QED) is 0.0352. The maximum Gasteiger partial charge on any atom is 0.349 e. The molecule has 2 saturated heterocycles. The van der Waals surface area contributed by atoms with Gasteiger partial charge in [0, 0.05) is 12.8 Å². The van der Waals surface area contributed by atoms with Crippen LogP contribution in [0.15, 0.2) is 0 Å². The first-order chi connectivity index (χ1) is 56.0. The second-order valence-electron chi connectivity index (χ2n) is 44.3. The molecule has 0 aromatic rings. The molecule has 26 rings (SSSR count). The minimum atomic E-state index is -1.90. The molecule has 26 fully saturated rings. The summed E-state index contributed by atoms with van der Waals surface area (Å²) in [5, 5.41) is 22.9. The van der Waals surface area contributed by atoms with Gasteiger partial charge in [0.2, 0.25) is 12.2 Å². The summed E-state index contributed by atoms with van der Waals surface area (Å²) in [6, 6.07) is 0. The molecule has 2 heterocycles. The zero-order valence-corrected chi connectivity index (χ0v) is 67.8. The van der Waals surface area contributed by atoms with E-state index in [0.717, 1.165) is 70.6 Å². The fourth-order valence-electron chi connectivity index (χ4n) is 34.1. The van der Waals surface area contributed by atoms with E-state index in [1.165, 1.54) is 12.8 Å². The first-order valence-electron chi connectivity index (χ1n) is 45.8. The zero-order chi connectivity index (χ0) is 80.2. The van der Waals surface area contributed by atoms with Crippen LogP contribution in [0.25, 0.3) is 0 Å². The lowest BCUT2D eigenvalue weighted by Crippen LogP contribution is -2.69. The molecule has 26 nitrogen and oxygen atoms in total. The number of hydrogen-bond acceptors (Lipinski definition) is 26. The van der Waals surface area contributed by atoms with E-state index < -0.39 is 234 Å². The van der Waals surface area contributed by atoms with Gasteiger partial charge in [-0.2, -0.15) is 0 Å². The van der Waals surface area contributed by atoms with Gasteiger partial charge in [-0.3, -0.25) is 33.6 Å². The molecule has 0 amide bonds. The third-order valence-electron chi connectivity index (χ3n) is 37.6. The molecule has 2 aliphatic heterocycles. The minimum Gasteiger partial charge on any atom is -0.464 e. The Balaban J connectivity index is 0.551. The Morgan fingerprint density at radius 1 is 0.368 bits per heavy atom. The molecule has 0 aromatic carbocycles. The molecule has 24 saturated carbocycles. The lowest BCUT2D eigenvalue weighted by atomic mass is 9.50. The van der Waals surface area contributed by atoms with E-state index in [1.54, 1.807) is 0 Å². The Labute approximate surface area is 681 Å². The van der Waals surface area contributed by atoms with Crippen molar-refractivity contribution in [2.75, 3.05) is 46.4 Å². The highest BCUT2D eigenvalue weighted by atomic mass is 16.7. The third kappa shape index (κ3) is 12.1. The van der Waals surface area contributed by atoms with Crippen LogP contribution in [0.3, 0.4) is 0 Å². The van der Waals surface area contributed by atoms with E-state index >= 15 is 24.0 Å². The predicted octanol–water partition coefficient (Wildman–Crippen LogP) is 9.44. The van der Waals surface area contributed by atoms with Gasteiger partial charge in [0.1, 0.15) is 59.8 Å². The van der Waals surface area contributed by atoms with Crippen LogP contribution in [0.4, 0.5) is 0 Å². The molecule has 2 spiro atoms. The molecule has 26 heteroatoms. The van der Waals surface area contributed by atoms with Gasteiger partial charge in [0.05, 0.1) is 58.9 Å². The van der Waals surface area contributed by atoms with Gasteiger partial charge < -0.3 is 71.8 Å². The number of fused-ring (bicyclic) bond motifs is 10. The van der Waals surface area contributed by atoms with Gasteiger partial charge >= 0.3 is 65.7 Å². The van der Waals surface area contributed by atoms with E-state index in [0.29, 0.717) is 159 Å². The smallest absolute Gasteiger partial charge is 0.349 e. The molecule has 638 valence electrons. The molecular formula is C91H118O26. The van der Waals surface area contributed by atoms with Crippen LogP contribution in [0.5, 0.6) is 0 Å². The highest BCUT2D eigenvalue weighted by Crippen LogP contribution is 2.71. The summed E-state index contributed by atoms with van der Waals surface area (Å²) >= 11 is 0. The summed E-state index contributed by atoms with van der Waals surface area (Å²) in [4.78, 5) is 163. The highest BCUT2D eigenvalue weighted by Gasteiger charge is 2.80. The van der Waals surface area contributed by atoms with Crippen molar-refractivity contribution in [3.05, 3.63) is 0 Å². The largest absolute Gasteiger partial charge is 0.464 e. The number of hydrogen-bond donors (Lipinski definition) is 2. The van der Waals surface area contributed by atoms with Crippen LogP contribution in [0.1, 0.15) is 232 Å². The monoisotopic (exact) mass is 1630 g/mol. The fourth-order valence-corrected chi connectivity index (χ4v) is 34.1. The molecular weight excluding hydrogens is 1510 g/mol. The topological polar surface area (TPSA) is 348 Å². The number of rotatable bonds is 26. The SMILES string of the molecule is CC1(OC(=O)C2OC(=O)C23C2CCC(C2)C3C(=O)OCC(COCOC2C3CCC(C3)C2C(=O)OCC(=O)OC23CC4CC(CC(O)(C4)C2)C3)(COC(=O)C2C3CCC(C3)C2C(=O)OCC(=O)OC23CC4CC(CC(O)(C4)C2)C3)COC(=O)C2C3CCC(C3)C23C(=O)OC3C(=O)OC2(C)C3CC4CC(C3)CC2C4)C2CC3CC(C2)CC1C3. The maximum absolute atomic E-state index is 15.9. The number of cyclic esters (lactones) is 2. The number of carbonyl (C=O) groups excluding carboxylic acids is 11. The van der Waals surface area contributed by atoms with Crippen molar-refractivity contribution in [1.29, 1.82) is 0 Å². The first-order valence-corrected chi connectivity index (χ1v) is 45.8. The van der Waals surface area contributed by atoms with Crippen LogP contribution in [0.2, 0.25) is 0 Å². The second kappa shape index (κ2) is 27.3. The van der Waals surface area contributed by atoms with E-state index in [2.05, 4.69) is 0 Å². The van der Waals surface area contributed by atoms with Gasteiger partial charge in [0.25, 0.3) is 0 Å². The highest BCUT2D eigenvalue weighted by molar-refractivity contribution is 6.01. The molecule has 2 N–H and O–H groups in total. The van der Waals surface area contributed by atoms with Crippen LogP contribution in [0, 0.1) is 164 Å². The normalized spacial score (nSPS) is 50.9. The van der Waals surface area contributed by atoms with Crippen molar-refractivity contribution in [3.8, 4) is 0 Å². The Hall–Kier alpha value is -5.99. The predicted molar refractivity (Wildman–Crippen MR) is 398 cm³/mol. The van der Waals surface area contributed by atoms with Crippen molar-refractivity contribution in [2.45, 2.75) is 284 Å². The van der Waals surface area contributed by atoms with Crippen LogP contribution >= 0.6 is 0 Å². The molecule has 0 aromatic heterocycles. The lowest BCUT2D eigenvalue weighted by Gasteiger charge is -2.59. The fraction of sp³-hybridized carbons (Fsp3) is 0.879. The maximum atomic E-state index is 15.9. The Kier molecular flexibility index (Phi) is 18.0. The number of ether oxygens (including phenoxy) is 13. The Morgan fingerprint density at radius 3 is 1.14 bits per heavy atom. The van der Waals surface area contributed by atoms with Crippen molar-refractivity contribution < 1.29 is 125 Å². The first kappa shape index (κ1) is 77.1. The zero-order valence-electron chi connectivity index (χ0n) is 67.8. The second-order valence-corrected chi connectivity index (χ2v) is 44.3. The summed E-state index contributed by atoms with van der Waals surface area (Å²) < 4.78 is 82.3. The van der Waals surface area contributed by atoms with Crippen molar-refractivity contribution in [1.82, 2.24) is 0 Å². The lowest BCUT2D eigenvalue weighted by molar-refractivity contribution is -0.252. The standard InChI is InChI=1S/C91H118O26/c1-83(60-15-44-11-45(17-60)18-61(83)16-44)116-79(99)72-90(81(101)112-72)58-9-7-55(25-58)69(90)77(97)109-41-85(39-105-43-111-71-57-6-5-54(24-57)68(71)76(96)107-36-65(93)115-89-33-50-14-51(34-89)30-87(104,29-50)38-89,40-108-75(95)67-53-4-3-52(23-53)66(67)74(94)106-35-64(92)114-88-31-48-13-49(32-88)28-86(103,27-48)37-88)42-110-78(98)70-56-8-10-59(26-56)91(70)73(113-82(91)102)80(100)117-84(2)62-19-46-12-47(21-62)22-63(84)20-46/h44-63,66-73,103-104H,3-43H2,1-2H3. The van der Waals surface area contributed by atoms with E-state index in [-0.39, 0.29) is 71.0 Å². The van der Waals surface area contributed by atoms with Crippen LogP contribution < -0.4 is 0 Å². The Bertz CT molecular complexity index is 3940. The van der Waals surface area contributed by atoms with Gasteiger partial charge in [-0.1, -0.05) is 0 Å². The summed E-state index contributed by atoms with van der Waals surface area (Å²) in [5.41, 5.74) is -10.2. The van der Waals surface area contributed by atoms with E-state index in [1.807, 2.05) is 13.8 Å². The summed E-state index contributed by atoms with van der Waals surface area (Å²) in [6.07, 6.45) is 21.1. The number of esters is 11. The molecule has 22 atom stereocenters. The molecule has 22 unspecified atom stereocenters. The summed E-state index contributed by atoms with van der Waals surface area (Å²) in [6.45, 7) is -0.465. The van der Waals surface area contributed by atoms with Crippen LogP contribution in [-0.4, -0.2) is 174 Å². The molecule has 26 aliphatic rings. The van der Waals surface area contributed by atoms with Gasteiger partial charge in [0.15, 0.2) is 13.2 Å². The van der Waals surface area contributed by atoms with Gasteiger partial charge in [-0.05, 0) is 338 Å². The van der Waals surface area contributed by atoms with Crippen molar-refractivity contribution in [3.63, 3.8) is 0 Å². The van der Waals surface area contributed by atoms with Gasteiger partial charge in [-0.25, -0.2) is 19.2 Å². The van der Waals surface area contributed by atoms with E-state index in [9.17, 15) is 39.0 Å².